The Morgan fingerprint density at radius 3 is 2.82 bits per heavy atom. The Labute approximate surface area is 65.7 Å². The highest BCUT2D eigenvalue weighted by Gasteiger charge is 2.33. The molecule has 1 saturated heterocycles. The second kappa shape index (κ2) is 4.01. The maximum absolute atomic E-state index is 9.22. The highest BCUT2D eigenvalue weighted by Crippen LogP contribution is 2.20. The van der Waals surface area contributed by atoms with Gasteiger partial charge in [0.05, 0.1) is 12.7 Å². The third-order valence-corrected chi connectivity index (χ3v) is 1.72. The Bertz CT molecular complexity index is 117. The van der Waals surface area contributed by atoms with Gasteiger partial charge in [0.1, 0.15) is 6.10 Å². The molecule has 0 aromatic rings. The van der Waals surface area contributed by atoms with Crippen LogP contribution >= 0.6 is 0 Å². The van der Waals surface area contributed by atoms with Gasteiger partial charge in [-0.2, -0.15) is 0 Å². The van der Waals surface area contributed by atoms with E-state index in [1.807, 2.05) is 6.92 Å². The van der Waals surface area contributed by atoms with Crippen LogP contribution in [0.15, 0.2) is 0 Å². The third kappa shape index (κ3) is 2.13. The van der Waals surface area contributed by atoms with E-state index < -0.39 is 12.2 Å². The molecule has 0 aromatic heterocycles. The first-order chi connectivity index (χ1) is 5.27. The zero-order valence-electron chi connectivity index (χ0n) is 6.56. The van der Waals surface area contributed by atoms with Crippen LogP contribution in [0.5, 0.6) is 0 Å². The van der Waals surface area contributed by atoms with Crippen LogP contribution in [0.4, 0.5) is 0 Å². The van der Waals surface area contributed by atoms with Gasteiger partial charge in [0.25, 0.3) is 0 Å². The van der Waals surface area contributed by atoms with Gasteiger partial charge < -0.3 is 19.7 Å². The van der Waals surface area contributed by atoms with Crippen molar-refractivity contribution in [1.82, 2.24) is 0 Å². The molecule has 0 aromatic carbocycles. The van der Waals surface area contributed by atoms with Crippen LogP contribution in [0.2, 0.25) is 0 Å². The normalized spacial score (nSPS) is 37.9. The minimum Gasteiger partial charge on any atom is -0.394 e. The number of ether oxygens (including phenoxy) is 2. The van der Waals surface area contributed by atoms with Crippen LogP contribution in [0.1, 0.15) is 13.3 Å². The molecular weight excluding hydrogens is 148 g/mol. The summed E-state index contributed by atoms with van der Waals surface area (Å²) in [5.74, 6) is 0. The van der Waals surface area contributed by atoms with Crippen molar-refractivity contribution >= 4 is 0 Å². The summed E-state index contributed by atoms with van der Waals surface area (Å²) in [6, 6.07) is 0. The molecule has 1 fully saturated rings. The van der Waals surface area contributed by atoms with E-state index in [1.165, 1.54) is 0 Å². The van der Waals surface area contributed by atoms with Crippen LogP contribution in [0.3, 0.4) is 0 Å². The molecule has 4 nitrogen and oxygen atoms in total. The van der Waals surface area contributed by atoms with Crippen molar-refractivity contribution in [3.63, 3.8) is 0 Å². The lowest BCUT2D eigenvalue weighted by Crippen LogP contribution is -2.24. The minimum atomic E-state index is -0.587. The molecule has 0 bridgehead atoms. The zero-order chi connectivity index (χ0) is 8.27. The maximum atomic E-state index is 9.22. The van der Waals surface area contributed by atoms with Gasteiger partial charge in [-0.05, 0) is 6.92 Å². The van der Waals surface area contributed by atoms with Crippen molar-refractivity contribution in [1.29, 1.82) is 0 Å². The molecule has 2 N–H and O–H groups in total. The molecule has 1 heterocycles. The lowest BCUT2D eigenvalue weighted by Gasteiger charge is -2.10. The van der Waals surface area contributed by atoms with E-state index in [2.05, 4.69) is 0 Å². The molecule has 1 rings (SSSR count). The van der Waals surface area contributed by atoms with Crippen LogP contribution < -0.4 is 0 Å². The quantitative estimate of drug-likeness (QED) is 0.587. The average molecular weight is 162 g/mol. The highest BCUT2D eigenvalue weighted by molar-refractivity contribution is 4.76. The molecule has 3 atom stereocenters. The van der Waals surface area contributed by atoms with Crippen LogP contribution in [0.25, 0.3) is 0 Å². The van der Waals surface area contributed by atoms with Gasteiger partial charge in [0.2, 0.25) is 0 Å². The standard InChI is InChI=1S/C7H14O4/c1-2-10-7-3-5(9)6(4-8)11-7/h5-9H,2-4H2,1H3/t5-,6+,7+/m0/s1. The summed E-state index contributed by atoms with van der Waals surface area (Å²) >= 11 is 0. The molecule has 0 unspecified atom stereocenters. The van der Waals surface area contributed by atoms with Gasteiger partial charge in [0, 0.05) is 13.0 Å². The van der Waals surface area contributed by atoms with E-state index in [-0.39, 0.29) is 12.9 Å². The predicted molar refractivity (Wildman–Crippen MR) is 38.0 cm³/mol. The zero-order valence-corrected chi connectivity index (χ0v) is 6.56. The Morgan fingerprint density at radius 1 is 1.64 bits per heavy atom. The molecule has 0 spiro atoms. The second-order valence-corrected chi connectivity index (χ2v) is 2.55. The molecule has 11 heavy (non-hydrogen) atoms. The fourth-order valence-corrected chi connectivity index (χ4v) is 1.15. The Kier molecular flexibility index (Phi) is 3.26. The van der Waals surface area contributed by atoms with Crippen molar-refractivity contribution in [2.75, 3.05) is 13.2 Å². The van der Waals surface area contributed by atoms with Crippen molar-refractivity contribution < 1.29 is 19.7 Å². The summed E-state index contributed by atoms with van der Waals surface area (Å²) in [5.41, 5.74) is 0. The second-order valence-electron chi connectivity index (χ2n) is 2.55. The molecule has 0 amide bonds. The lowest BCUT2D eigenvalue weighted by atomic mass is 10.2. The van der Waals surface area contributed by atoms with Gasteiger partial charge in [0.15, 0.2) is 6.29 Å². The first-order valence-electron chi connectivity index (χ1n) is 3.84. The van der Waals surface area contributed by atoms with Gasteiger partial charge >= 0.3 is 0 Å². The van der Waals surface area contributed by atoms with Gasteiger partial charge in [-0.15, -0.1) is 0 Å². The van der Waals surface area contributed by atoms with Gasteiger partial charge in [-0.1, -0.05) is 0 Å². The smallest absolute Gasteiger partial charge is 0.160 e. The highest BCUT2D eigenvalue weighted by atomic mass is 16.7. The van der Waals surface area contributed by atoms with Gasteiger partial charge in [-0.25, -0.2) is 0 Å². The monoisotopic (exact) mass is 162 g/mol. The van der Waals surface area contributed by atoms with E-state index in [0.717, 1.165) is 0 Å². The number of hydrogen-bond donors (Lipinski definition) is 2. The van der Waals surface area contributed by atoms with E-state index in [0.29, 0.717) is 13.0 Å². The maximum Gasteiger partial charge on any atom is 0.160 e. The summed E-state index contributed by atoms with van der Waals surface area (Å²) in [6.45, 7) is 2.28. The lowest BCUT2D eigenvalue weighted by molar-refractivity contribution is -0.140. The van der Waals surface area contributed by atoms with Gasteiger partial charge in [-0.3, -0.25) is 0 Å². The van der Waals surface area contributed by atoms with Crippen molar-refractivity contribution in [2.24, 2.45) is 0 Å². The van der Waals surface area contributed by atoms with Crippen LogP contribution in [-0.2, 0) is 9.47 Å². The first kappa shape index (κ1) is 8.93. The predicted octanol–water partition coefficient (Wildman–Crippen LogP) is -0.509. The van der Waals surface area contributed by atoms with Crippen molar-refractivity contribution in [2.45, 2.75) is 31.8 Å². The largest absolute Gasteiger partial charge is 0.394 e. The summed E-state index contributed by atoms with van der Waals surface area (Å²) in [6.07, 6.45) is -0.936. The molecule has 4 heteroatoms. The number of hydrogen-bond acceptors (Lipinski definition) is 4. The SMILES string of the molecule is CCO[C@H]1C[C@H](O)[C@@H](CO)O1. The van der Waals surface area contributed by atoms with E-state index >= 15 is 0 Å². The summed E-state index contributed by atoms with van der Waals surface area (Å²) in [7, 11) is 0. The Hall–Kier alpha value is -0.160. The topological polar surface area (TPSA) is 58.9 Å². The minimum absolute atomic E-state index is 0.148. The number of rotatable bonds is 3. The third-order valence-electron chi connectivity index (χ3n) is 1.72. The Balaban J connectivity index is 2.30. The van der Waals surface area contributed by atoms with Crippen molar-refractivity contribution in [3.05, 3.63) is 0 Å². The molecule has 1 aliphatic rings. The fraction of sp³-hybridized carbons (Fsp3) is 1.00. The summed E-state index contributed by atoms with van der Waals surface area (Å²) < 4.78 is 10.3. The molecule has 0 saturated carbocycles. The van der Waals surface area contributed by atoms with E-state index in [1.54, 1.807) is 0 Å². The number of aliphatic hydroxyl groups is 2. The summed E-state index contributed by atoms with van der Waals surface area (Å²) in [4.78, 5) is 0. The molecular formula is C7H14O4. The first-order valence-corrected chi connectivity index (χ1v) is 3.84. The van der Waals surface area contributed by atoms with Crippen LogP contribution in [0, 0.1) is 0 Å². The average Bonchev–Trinajstić information content (AvgIpc) is 2.32. The molecule has 1 aliphatic heterocycles. The van der Waals surface area contributed by atoms with Crippen LogP contribution in [-0.4, -0.2) is 41.9 Å². The molecule has 0 radical (unpaired) electrons. The van der Waals surface area contributed by atoms with E-state index in [9.17, 15) is 5.11 Å². The fourth-order valence-electron chi connectivity index (χ4n) is 1.15. The summed E-state index contributed by atoms with van der Waals surface area (Å²) in [5, 5.41) is 17.9. The molecule has 66 valence electrons. The molecule has 0 aliphatic carbocycles. The van der Waals surface area contributed by atoms with Crippen molar-refractivity contribution in [3.8, 4) is 0 Å². The Morgan fingerprint density at radius 2 is 2.36 bits per heavy atom. The number of aliphatic hydroxyl groups excluding tert-OH is 2. The van der Waals surface area contributed by atoms with E-state index in [4.69, 9.17) is 14.6 Å².